The maximum absolute atomic E-state index is 10.6. The Kier molecular flexibility index (Phi) is 14.5. The van der Waals surface area contributed by atoms with Crippen LogP contribution in [0.2, 0.25) is 0 Å². The number of unbranched alkanes of at least 4 members (excludes halogenated alkanes) is 9. The van der Waals surface area contributed by atoms with Gasteiger partial charge in [-0.25, -0.2) is 0 Å². The number of alkyl halides is 3. The number of rotatable bonds is 14. The summed E-state index contributed by atoms with van der Waals surface area (Å²) in [6.45, 7) is 0. The van der Waals surface area contributed by atoms with Gasteiger partial charge in [-0.15, -0.1) is 34.8 Å². The van der Waals surface area contributed by atoms with Crippen molar-refractivity contribution in [1.29, 1.82) is 0 Å². The molecule has 0 aromatic carbocycles. The van der Waals surface area contributed by atoms with E-state index in [0.717, 1.165) is 25.1 Å². The summed E-state index contributed by atoms with van der Waals surface area (Å²) in [7, 11) is 0. The molecule has 0 saturated carbocycles. The van der Waals surface area contributed by atoms with Gasteiger partial charge in [0.25, 0.3) is 0 Å². The van der Waals surface area contributed by atoms with E-state index in [4.69, 9.17) is 39.9 Å². The first-order valence-electron chi connectivity index (χ1n) is 7.66. The lowest BCUT2D eigenvalue weighted by Gasteiger charge is -2.11. The monoisotopic (exact) mass is 344 g/mol. The van der Waals surface area contributed by atoms with Crippen LogP contribution in [0.4, 0.5) is 0 Å². The lowest BCUT2D eigenvalue weighted by molar-refractivity contribution is -0.136. The Morgan fingerprint density at radius 1 is 0.800 bits per heavy atom. The van der Waals surface area contributed by atoms with E-state index in [1.807, 2.05) is 0 Å². The minimum Gasteiger partial charge on any atom is -0.480 e. The van der Waals surface area contributed by atoms with Gasteiger partial charge in [0.15, 0.2) is 0 Å². The highest BCUT2D eigenvalue weighted by atomic mass is 35.5. The summed E-state index contributed by atoms with van der Waals surface area (Å²) >= 11 is 17.2. The fourth-order valence-electron chi connectivity index (χ4n) is 2.15. The van der Waals surface area contributed by atoms with Crippen LogP contribution in [0.15, 0.2) is 0 Å². The summed E-state index contributed by atoms with van der Waals surface area (Å²) in [5.41, 5.74) is 0. The second-order valence-electron chi connectivity index (χ2n) is 5.27. The van der Waals surface area contributed by atoms with E-state index in [0.29, 0.717) is 6.42 Å². The average Bonchev–Trinajstić information content (AvgIpc) is 2.43. The molecule has 0 spiro atoms. The Labute approximate surface area is 138 Å². The molecule has 0 aromatic rings. The summed E-state index contributed by atoms with van der Waals surface area (Å²) in [5, 5.41) is 7.28. The van der Waals surface area contributed by atoms with Crippen LogP contribution in [-0.4, -0.2) is 27.7 Å². The third kappa shape index (κ3) is 12.1. The molecule has 2 unspecified atom stereocenters. The van der Waals surface area contributed by atoms with E-state index in [1.165, 1.54) is 44.9 Å². The van der Waals surface area contributed by atoms with E-state index in [2.05, 4.69) is 0 Å². The van der Waals surface area contributed by atoms with Gasteiger partial charge >= 0.3 is 5.97 Å². The molecule has 0 heterocycles. The van der Waals surface area contributed by atoms with Crippen molar-refractivity contribution in [2.75, 3.05) is 5.88 Å². The first kappa shape index (κ1) is 20.3. The third-order valence-electron chi connectivity index (χ3n) is 3.42. The topological polar surface area (TPSA) is 37.3 Å². The van der Waals surface area contributed by atoms with Crippen molar-refractivity contribution in [2.45, 2.75) is 81.4 Å². The number of carbonyl (C=O) groups is 1. The predicted molar refractivity (Wildman–Crippen MR) is 88.4 cm³/mol. The average molecular weight is 346 g/mol. The van der Waals surface area contributed by atoms with Gasteiger partial charge in [0.2, 0.25) is 0 Å². The molecule has 2 nitrogen and oxygen atoms in total. The zero-order chi connectivity index (χ0) is 15.2. The first-order valence-corrected chi connectivity index (χ1v) is 9.07. The van der Waals surface area contributed by atoms with Crippen molar-refractivity contribution in [3.63, 3.8) is 0 Å². The van der Waals surface area contributed by atoms with Crippen molar-refractivity contribution in [2.24, 2.45) is 0 Å². The van der Waals surface area contributed by atoms with Gasteiger partial charge in [-0.2, -0.15) is 0 Å². The molecule has 2 atom stereocenters. The second kappa shape index (κ2) is 14.3. The molecular formula is C15H27Cl3O2. The number of aliphatic carboxylic acids is 1. The standard InChI is InChI=1S/C15H27Cl3O2/c16-12-10-8-6-4-2-1-3-5-7-9-11-13(17)14(18)15(19)20/h13-14H,1-12H2,(H,19,20). The highest BCUT2D eigenvalue weighted by Gasteiger charge is 2.22. The van der Waals surface area contributed by atoms with Crippen LogP contribution >= 0.6 is 34.8 Å². The molecule has 0 fully saturated rings. The van der Waals surface area contributed by atoms with Crippen LogP contribution in [0.5, 0.6) is 0 Å². The van der Waals surface area contributed by atoms with Crippen molar-refractivity contribution < 1.29 is 9.90 Å². The van der Waals surface area contributed by atoms with E-state index in [1.54, 1.807) is 0 Å². The zero-order valence-electron chi connectivity index (χ0n) is 12.1. The molecule has 0 saturated heterocycles. The summed E-state index contributed by atoms with van der Waals surface area (Å²) in [4.78, 5) is 10.6. The Hall–Kier alpha value is 0.340. The van der Waals surface area contributed by atoms with E-state index < -0.39 is 16.7 Å². The molecule has 0 aliphatic rings. The smallest absolute Gasteiger partial charge is 0.323 e. The van der Waals surface area contributed by atoms with Crippen molar-refractivity contribution >= 4 is 40.8 Å². The molecule has 0 rings (SSSR count). The van der Waals surface area contributed by atoms with Gasteiger partial charge in [-0.1, -0.05) is 57.8 Å². The minimum atomic E-state index is -1.03. The Bertz CT molecular complexity index is 237. The fraction of sp³-hybridized carbons (Fsp3) is 0.933. The van der Waals surface area contributed by atoms with Crippen LogP contribution in [0.3, 0.4) is 0 Å². The molecule has 0 bridgehead atoms. The molecule has 5 heteroatoms. The second-order valence-corrected chi connectivity index (χ2v) is 6.68. The van der Waals surface area contributed by atoms with E-state index in [9.17, 15) is 4.79 Å². The van der Waals surface area contributed by atoms with Crippen LogP contribution in [0.25, 0.3) is 0 Å². The third-order valence-corrected chi connectivity index (χ3v) is 4.77. The Morgan fingerprint density at radius 2 is 1.20 bits per heavy atom. The van der Waals surface area contributed by atoms with Crippen molar-refractivity contribution in [1.82, 2.24) is 0 Å². The molecule has 0 aliphatic heterocycles. The maximum Gasteiger partial charge on any atom is 0.323 e. The van der Waals surface area contributed by atoms with Gasteiger partial charge in [-0.05, 0) is 12.8 Å². The van der Waals surface area contributed by atoms with E-state index in [-0.39, 0.29) is 0 Å². The fourth-order valence-corrected chi connectivity index (χ4v) is 2.73. The lowest BCUT2D eigenvalue weighted by Crippen LogP contribution is -2.24. The van der Waals surface area contributed by atoms with Crippen molar-refractivity contribution in [3.05, 3.63) is 0 Å². The molecular weight excluding hydrogens is 319 g/mol. The number of carboxylic acids is 1. The van der Waals surface area contributed by atoms with Crippen LogP contribution < -0.4 is 0 Å². The predicted octanol–water partition coefficient (Wildman–Crippen LogP) is 5.82. The van der Waals surface area contributed by atoms with Gasteiger partial charge in [-0.3, -0.25) is 4.79 Å². The van der Waals surface area contributed by atoms with E-state index >= 15 is 0 Å². The SMILES string of the molecule is O=C(O)C(Cl)C(Cl)CCCCCCCCCCCCCl. The first-order chi connectivity index (χ1) is 9.59. The molecule has 20 heavy (non-hydrogen) atoms. The van der Waals surface area contributed by atoms with Crippen LogP contribution in [-0.2, 0) is 4.79 Å². The summed E-state index contributed by atoms with van der Waals surface area (Å²) < 4.78 is 0. The molecule has 0 aromatic heterocycles. The Balaban J connectivity index is 3.22. The van der Waals surface area contributed by atoms with Gasteiger partial charge in [0.1, 0.15) is 5.38 Å². The lowest BCUT2D eigenvalue weighted by atomic mass is 10.0. The summed E-state index contributed by atoms with van der Waals surface area (Å²) in [5.74, 6) is -0.243. The molecule has 120 valence electrons. The highest BCUT2D eigenvalue weighted by Crippen LogP contribution is 2.18. The quantitative estimate of drug-likeness (QED) is 0.318. The normalized spacial score (nSPS) is 14.2. The molecule has 0 radical (unpaired) electrons. The minimum absolute atomic E-state index is 0.462. The Morgan fingerprint density at radius 3 is 1.60 bits per heavy atom. The summed E-state index contributed by atoms with van der Waals surface area (Å²) in [6, 6.07) is 0. The number of carboxylic acid groups (broad SMARTS) is 1. The number of hydrogen-bond donors (Lipinski definition) is 1. The molecule has 1 N–H and O–H groups in total. The van der Waals surface area contributed by atoms with Crippen LogP contribution in [0, 0.1) is 0 Å². The number of halogens is 3. The molecule has 0 aliphatic carbocycles. The van der Waals surface area contributed by atoms with Gasteiger partial charge in [0, 0.05) is 5.88 Å². The van der Waals surface area contributed by atoms with Gasteiger partial charge in [0.05, 0.1) is 5.38 Å². The highest BCUT2D eigenvalue weighted by molar-refractivity contribution is 6.36. The molecule has 0 amide bonds. The van der Waals surface area contributed by atoms with Gasteiger partial charge < -0.3 is 5.11 Å². The van der Waals surface area contributed by atoms with Crippen molar-refractivity contribution in [3.8, 4) is 0 Å². The zero-order valence-corrected chi connectivity index (χ0v) is 14.4. The summed E-state index contributed by atoms with van der Waals surface area (Å²) in [6.07, 6.45) is 12.8. The number of hydrogen-bond acceptors (Lipinski definition) is 1. The largest absolute Gasteiger partial charge is 0.480 e. The van der Waals surface area contributed by atoms with Crippen LogP contribution in [0.1, 0.15) is 70.6 Å². The maximum atomic E-state index is 10.6.